The van der Waals surface area contributed by atoms with Gasteiger partial charge in [-0.25, -0.2) is 14.4 Å². The van der Waals surface area contributed by atoms with E-state index in [1.54, 1.807) is 25.1 Å². The number of nitrogens with one attached hydrogen (secondary N) is 1. The molecule has 5 nitrogen and oxygen atoms in total. The first-order valence-corrected chi connectivity index (χ1v) is 9.92. The number of hydrogen-bond acceptors (Lipinski definition) is 5. The molecule has 5 rings (SSSR count). The Hall–Kier alpha value is -2.94. The summed E-state index contributed by atoms with van der Waals surface area (Å²) >= 11 is 0. The fourth-order valence-electron chi connectivity index (χ4n) is 4.72. The highest BCUT2D eigenvalue weighted by molar-refractivity contribution is 5.91. The molecule has 2 heterocycles. The molecule has 3 aromatic rings. The van der Waals surface area contributed by atoms with Crippen molar-refractivity contribution in [3.05, 3.63) is 59.3 Å². The van der Waals surface area contributed by atoms with Gasteiger partial charge in [0.05, 0.1) is 18.2 Å². The lowest BCUT2D eigenvalue weighted by atomic mass is 9.68. The summed E-state index contributed by atoms with van der Waals surface area (Å²) in [7, 11) is 0. The van der Waals surface area contributed by atoms with Crippen LogP contribution < -0.4 is 10.1 Å². The molecule has 1 aliphatic heterocycles. The first-order valence-electron chi connectivity index (χ1n) is 9.92. The van der Waals surface area contributed by atoms with Crippen LogP contribution in [-0.4, -0.2) is 33.5 Å². The van der Waals surface area contributed by atoms with Crippen LogP contribution >= 0.6 is 0 Å². The van der Waals surface area contributed by atoms with E-state index in [0.29, 0.717) is 28.0 Å². The number of halogens is 4. The van der Waals surface area contributed by atoms with Gasteiger partial charge >= 0.3 is 6.18 Å². The van der Waals surface area contributed by atoms with Crippen LogP contribution in [0.1, 0.15) is 41.8 Å². The number of hydrogen-bond donors (Lipinski definition) is 2. The molecule has 31 heavy (non-hydrogen) atoms. The minimum atomic E-state index is -4.91. The number of rotatable bonds is 2. The van der Waals surface area contributed by atoms with Crippen LogP contribution in [0, 0.1) is 12.7 Å². The molecule has 2 aliphatic rings. The van der Waals surface area contributed by atoms with Gasteiger partial charge in [0.25, 0.3) is 0 Å². The van der Waals surface area contributed by atoms with E-state index in [0.717, 1.165) is 6.07 Å². The van der Waals surface area contributed by atoms with Gasteiger partial charge < -0.3 is 15.2 Å². The SMILES string of the molecule is Cc1ncc2c(NC3c4ccc(F)c5c4C(CCO5)CC3(O)C(F)(F)F)cccc2n1. The first-order chi connectivity index (χ1) is 14.7. The van der Waals surface area contributed by atoms with Crippen molar-refractivity contribution in [2.45, 2.75) is 43.5 Å². The third-order valence-corrected chi connectivity index (χ3v) is 6.19. The molecule has 0 fully saturated rings. The minimum absolute atomic E-state index is 0.0262. The normalized spacial score (nSPS) is 25.1. The number of ether oxygens (including phenoxy) is 1. The summed E-state index contributed by atoms with van der Waals surface area (Å²) in [6, 6.07) is 5.83. The van der Waals surface area contributed by atoms with Crippen molar-refractivity contribution in [3.63, 3.8) is 0 Å². The van der Waals surface area contributed by atoms with Gasteiger partial charge in [-0.05, 0) is 49.4 Å². The van der Waals surface area contributed by atoms with Gasteiger partial charge in [-0.1, -0.05) is 12.1 Å². The molecular formula is C22H19F4N3O2. The Labute approximate surface area is 175 Å². The average molecular weight is 433 g/mol. The minimum Gasteiger partial charge on any atom is -0.490 e. The highest BCUT2D eigenvalue weighted by Gasteiger charge is 2.63. The van der Waals surface area contributed by atoms with Gasteiger partial charge in [-0.2, -0.15) is 13.2 Å². The maximum Gasteiger partial charge on any atom is 0.419 e. The smallest absolute Gasteiger partial charge is 0.419 e. The third kappa shape index (κ3) is 3.02. The van der Waals surface area contributed by atoms with E-state index in [2.05, 4.69) is 15.3 Å². The molecule has 0 spiro atoms. The van der Waals surface area contributed by atoms with Crippen LogP contribution in [0.3, 0.4) is 0 Å². The number of aliphatic hydroxyl groups is 1. The second-order valence-corrected chi connectivity index (χ2v) is 8.07. The molecule has 2 aromatic carbocycles. The molecule has 0 radical (unpaired) electrons. The number of aryl methyl sites for hydroxylation is 1. The van der Waals surface area contributed by atoms with Crippen LogP contribution in [0.25, 0.3) is 10.9 Å². The lowest BCUT2D eigenvalue weighted by molar-refractivity contribution is -0.273. The monoisotopic (exact) mass is 433 g/mol. The number of nitrogens with zero attached hydrogens (tertiary/aromatic N) is 2. The zero-order valence-corrected chi connectivity index (χ0v) is 16.5. The Kier molecular flexibility index (Phi) is 4.37. The van der Waals surface area contributed by atoms with Gasteiger partial charge in [0.15, 0.2) is 17.2 Å². The summed E-state index contributed by atoms with van der Waals surface area (Å²) < 4.78 is 62.5. The standard InChI is InChI=1S/C22H19F4N3O2/c1-11-27-10-14-16(28-11)3-2-4-17(14)29-20-13-5-6-15(23)19-18(13)12(7-8-31-19)9-21(20,30)22(24,25)26/h2-6,10,12,20,29-30H,7-9H2,1H3. The van der Waals surface area contributed by atoms with Crippen molar-refractivity contribution in [1.82, 2.24) is 9.97 Å². The van der Waals surface area contributed by atoms with Gasteiger partial charge in [0.2, 0.25) is 0 Å². The summed E-state index contributed by atoms with van der Waals surface area (Å²) in [4.78, 5) is 8.46. The summed E-state index contributed by atoms with van der Waals surface area (Å²) in [5, 5.41) is 14.4. The lowest BCUT2D eigenvalue weighted by Crippen LogP contribution is -2.56. The molecule has 0 bridgehead atoms. The summed E-state index contributed by atoms with van der Waals surface area (Å²) in [6.45, 7) is 1.82. The molecule has 162 valence electrons. The van der Waals surface area contributed by atoms with E-state index in [1.807, 2.05) is 0 Å². The van der Waals surface area contributed by atoms with Crippen LogP contribution in [0.15, 0.2) is 36.5 Å². The predicted octanol–water partition coefficient (Wildman–Crippen LogP) is 4.79. The van der Waals surface area contributed by atoms with Gasteiger partial charge in [-0.3, -0.25) is 0 Å². The molecule has 0 amide bonds. The van der Waals surface area contributed by atoms with Gasteiger partial charge in [0.1, 0.15) is 5.82 Å². The van der Waals surface area contributed by atoms with Crippen LogP contribution in [0.5, 0.6) is 5.75 Å². The lowest BCUT2D eigenvalue weighted by Gasteiger charge is -2.47. The van der Waals surface area contributed by atoms with Crippen molar-refractivity contribution >= 4 is 16.6 Å². The van der Waals surface area contributed by atoms with E-state index >= 15 is 0 Å². The molecule has 0 saturated heterocycles. The summed E-state index contributed by atoms with van der Waals surface area (Å²) in [5.41, 5.74) is -1.57. The van der Waals surface area contributed by atoms with Gasteiger partial charge in [0, 0.05) is 22.8 Å². The molecular weight excluding hydrogens is 414 g/mol. The topological polar surface area (TPSA) is 67.3 Å². The number of aromatic nitrogens is 2. The molecule has 1 aromatic heterocycles. The maximum atomic E-state index is 14.4. The largest absolute Gasteiger partial charge is 0.490 e. The van der Waals surface area contributed by atoms with Crippen LogP contribution in [-0.2, 0) is 0 Å². The second-order valence-electron chi connectivity index (χ2n) is 8.07. The van der Waals surface area contributed by atoms with E-state index in [4.69, 9.17) is 4.74 Å². The highest BCUT2D eigenvalue weighted by atomic mass is 19.4. The quantitative estimate of drug-likeness (QED) is 0.569. The van der Waals surface area contributed by atoms with Crippen LogP contribution in [0.2, 0.25) is 0 Å². The van der Waals surface area contributed by atoms with Crippen molar-refractivity contribution < 1.29 is 27.4 Å². The number of fused-ring (bicyclic) bond motifs is 1. The molecule has 0 saturated carbocycles. The maximum absolute atomic E-state index is 14.4. The average Bonchev–Trinajstić information content (AvgIpc) is 2.71. The highest BCUT2D eigenvalue weighted by Crippen LogP contribution is 2.56. The summed E-state index contributed by atoms with van der Waals surface area (Å²) in [5.74, 6) is -0.769. The Morgan fingerprint density at radius 3 is 2.81 bits per heavy atom. The zero-order chi connectivity index (χ0) is 22.0. The van der Waals surface area contributed by atoms with Crippen LogP contribution in [0.4, 0.5) is 23.2 Å². The molecule has 9 heteroatoms. The Morgan fingerprint density at radius 1 is 1.23 bits per heavy atom. The molecule has 1 aliphatic carbocycles. The second kappa shape index (κ2) is 6.78. The Bertz CT molecular complexity index is 1180. The van der Waals surface area contributed by atoms with E-state index in [-0.39, 0.29) is 24.3 Å². The Balaban J connectivity index is 1.70. The van der Waals surface area contributed by atoms with Gasteiger partial charge in [-0.15, -0.1) is 0 Å². The Morgan fingerprint density at radius 2 is 2.03 bits per heavy atom. The third-order valence-electron chi connectivity index (χ3n) is 6.19. The van der Waals surface area contributed by atoms with Crippen molar-refractivity contribution in [2.24, 2.45) is 0 Å². The fourth-order valence-corrected chi connectivity index (χ4v) is 4.72. The van der Waals surface area contributed by atoms with E-state index in [1.165, 1.54) is 12.3 Å². The molecule has 3 unspecified atom stereocenters. The number of benzene rings is 2. The fraction of sp³-hybridized carbons (Fsp3) is 0.364. The van der Waals surface area contributed by atoms with Crippen molar-refractivity contribution in [3.8, 4) is 5.75 Å². The summed E-state index contributed by atoms with van der Waals surface area (Å²) in [6.07, 6.45) is -3.69. The first kappa shape index (κ1) is 20.0. The van der Waals surface area contributed by atoms with E-state index in [9.17, 15) is 22.7 Å². The van der Waals surface area contributed by atoms with Crippen molar-refractivity contribution in [2.75, 3.05) is 11.9 Å². The molecule has 3 atom stereocenters. The van der Waals surface area contributed by atoms with Crippen molar-refractivity contribution in [1.29, 1.82) is 0 Å². The van der Waals surface area contributed by atoms with E-state index < -0.39 is 36.0 Å². The molecule has 2 N–H and O–H groups in total. The zero-order valence-electron chi connectivity index (χ0n) is 16.5. The number of alkyl halides is 3. The number of anilines is 1. The predicted molar refractivity (Wildman–Crippen MR) is 106 cm³/mol.